The molecular formula is C20H24N4O4. The van der Waals surface area contributed by atoms with E-state index in [1.165, 1.54) is 16.8 Å². The molecule has 3 rings (SSSR count). The number of ether oxygens (including phenoxy) is 1. The Labute approximate surface area is 163 Å². The van der Waals surface area contributed by atoms with Gasteiger partial charge in [-0.1, -0.05) is 18.2 Å². The molecule has 1 N–H and O–H groups in total. The van der Waals surface area contributed by atoms with Crippen molar-refractivity contribution in [1.82, 2.24) is 20.0 Å². The topological polar surface area (TPSA) is 93.5 Å². The summed E-state index contributed by atoms with van der Waals surface area (Å²) >= 11 is 0. The summed E-state index contributed by atoms with van der Waals surface area (Å²) in [6.45, 7) is 1.50. The van der Waals surface area contributed by atoms with Gasteiger partial charge in [0.25, 0.3) is 11.5 Å². The number of aromatic nitrogens is 2. The minimum absolute atomic E-state index is 0.0113. The van der Waals surface area contributed by atoms with Gasteiger partial charge >= 0.3 is 0 Å². The van der Waals surface area contributed by atoms with E-state index >= 15 is 0 Å². The molecule has 1 aliphatic heterocycles. The van der Waals surface area contributed by atoms with Crippen molar-refractivity contribution in [3.8, 4) is 5.75 Å². The van der Waals surface area contributed by atoms with Gasteiger partial charge in [-0.05, 0) is 31.0 Å². The zero-order valence-corrected chi connectivity index (χ0v) is 15.8. The highest BCUT2D eigenvalue weighted by atomic mass is 16.5. The number of hydrogen-bond acceptors (Lipinski definition) is 5. The van der Waals surface area contributed by atoms with Gasteiger partial charge in [-0.2, -0.15) is 5.10 Å². The zero-order chi connectivity index (χ0) is 19.9. The molecule has 0 spiro atoms. The fourth-order valence-corrected chi connectivity index (χ4v) is 3.20. The van der Waals surface area contributed by atoms with Gasteiger partial charge in [-0.15, -0.1) is 0 Å². The Bertz CT molecular complexity index is 873. The monoisotopic (exact) mass is 384 g/mol. The molecule has 0 bridgehead atoms. The zero-order valence-electron chi connectivity index (χ0n) is 15.8. The molecule has 8 nitrogen and oxygen atoms in total. The molecule has 1 aromatic carbocycles. The van der Waals surface area contributed by atoms with Crippen LogP contribution in [0.3, 0.4) is 0 Å². The van der Waals surface area contributed by atoms with Gasteiger partial charge < -0.3 is 15.0 Å². The highest BCUT2D eigenvalue weighted by Gasteiger charge is 2.28. The quantitative estimate of drug-likeness (QED) is 0.799. The smallest absolute Gasteiger partial charge is 0.274 e. The summed E-state index contributed by atoms with van der Waals surface area (Å²) in [5, 5.41) is 6.85. The summed E-state index contributed by atoms with van der Waals surface area (Å²) in [5.41, 5.74) is -0.0655. The number of benzene rings is 1. The number of carbonyl (C=O) groups excluding carboxylic acids is 2. The predicted molar refractivity (Wildman–Crippen MR) is 103 cm³/mol. The maximum atomic E-state index is 12.7. The van der Waals surface area contributed by atoms with E-state index in [0.717, 1.165) is 0 Å². The van der Waals surface area contributed by atoms with Gasteiger partial charge in [0.2, 0.25) is 5.91 Å². The first kappa shape index (κ1) is 19.6. The maximum Gasteiger partial charge on any atom is 0.274 e. The number of carbonyl (C=O) groups is 2. The Morgan fingerprint density at radius 1 is 1.14 bits per heavy atom. The van der Waals surface area contributed by atoms with E-state index in [0.29, 0.717) is 31.7 Å². The first-order chi connectivity index (χ1) is 13.6. The van der Waals surface area contributed by atoms with Gasteiger partial charge in [-0.3, -0.25) is 14.4 Å². The summed E-state index contributed by atoms with van der Waals surface area (Å²) in [6, 6.07) is 12.1. The van der Waals surface area contributed by atoms with Crippen LogP contribution < -0.4 is 15.6 Å². The van der Waals surface area contributed by atoms with Crippen LogP contribution in [-0.2, 0) is 11.3 Å². The highest BCUT2D eigenvalue weighted by molar-refractivity contribution is 5.92. The Hall–Kier alpha value is -3.16. The number of likely N-dealkylation sites (tertiary alicyclic amines) is 1. The van der Waals surface area contributed by atoms with Crippen LogP contribution in [0.4, 0.5) is 0 Å². The maximum absolute atomic E-state index is 12.7. The summed E-state index contributed by atoms with van der Waals surface area (Å²) < 4.78 is 6.84. The molecule has 0 unspecified atom stereocenters. The van der Waals surface area contributed by atoms with Crippen molar-refractivity contribution in [2.24, 2.45) is 5.92 Å². The molecule has 148 valence electrons. The summed E-state index contributed by atoms with van der Waals surface area (Å²) in [5.74, 6) is 0.429. The molecule has 2 heterocycles. The van der Waals surface area contributed by atoms with E-state index in [1.54, 1.807) is 11.9 Å². The molecule has 1 fully saturated rings. The molecule has 0 radical (unpaired) electrons. The van der Waals surface area contributed by atoms with Crippen molar-refractivity contribution in [2.45, 2.75) is 19.4 Å². The van der Waals surface area contributed by atoms with Gasteiger partial charge in [-0.25, -0.2) is 4.68 Å². The third-order valence-electron chi connectivity index (χ3n) is 4.80. The van der Waals surface area contributed by atoms with Crippen molar-refractivity contribution in [3.05, 3.63) is 58.5 Å². The number of nitrogens with one attached hydrogen (secondary N) is 1. The number of nitrogens with zero attached hydrogens (tertiary/aromatic N) is 3. The fraction of sp³-hybridized carbons (Fsp3) is 0.400. The van der Waals surface area contributed by atoms with Gasteiger partial charge in [0.05, 0.1) is 6.54 Å². The van der Waals surface area contributed by atoms with Crippen molar-refractivity contribution < 1.29 is 14.3 Å². The van der Waals surface area contributed by atoms with Crippen LogP contribution in [0.5, 0.6) is 5.75 Å². The van der Waals surface area contributed by atoms with E-state index in [-0.39, 0.29) is 42.1 Å². The van der Waals surface area contributed by atoms with Crippen LogP contribution in [0.25, 0.3) is 0 Å². The van der Waals surface area contributed by atoms with Crippen LogP contribution >= 0.6 is 0 Å². The lowest BCUT2D eigenvalue weighted by Crippen LogP contribution is -2.43. The van der Waals surface area contributed by atoms with Gasteiger partial charge in [0.15, 0.2) is 0 Å². The molecule has 1 aliphatic rings. The molecule has 0 saturated carbocycles. The first-order valence-electron chi connectivity index (χ1n) is 9.35. The molecule has 8 heteroatoms. The lowest BCUT2D eigenvalue weighted by Gasteiger charge is -2.30. The lowest BCUT2D eigenvalue weighted by atomic mass is 9.96. The van der Waals surface area contributed by atoms with Crippen LogP contribution in [-0.4, -0.2) is 53.2 Å². The van der Waals surface area contributed by atoms with E-state index in [2.05, 4.69) is 10.4 Å². The second-order valence-corrected chi connectivity index (χ2v) is 6.62. The van der Waals surface area contributed by atoms with Crippen LogP contribution in [0.15, 0.2) is 47.3 Å². The average molecular weight is 384 g/mol. The standard InChI is InChI=1S/C20H24N4O4/c1-21-19(26)15-9-11-23(12-10-15)20(27)17-7-8-18(25)24(22-17)13-14-28-16-5-3-2-4-6-16/h2-8,15H,9-14H2,1H3,(H,21,26). The molecule has 1 aromatic heterocycles. The molecule has 2 amide bonds. The third-order valence-corrected chi connectivity index (χ3v) is 4.80. The van der Waals surface area contributed by atoms with Crippen molar-refractivity contribution in [2.75, 3.05) is 26.7 Å². The first-order valence-corrected chi connectivity index (χ1v) is 9.35. The molecular weight excluding hydrogens is 360 g/mol. The lowest BCUT2D eigenvalue weighted by molar-refractivity contribution is -0.125. The molecule has 28 heavy (non-hydrogen) atoms. The number of amides is 2. The largest absolute Gasteiger partial charge is 0.492 e. The highest BCUT2D eigenvalue weighted by Crippen LogP contribution is 2.18. The molecule has 0 aliphatic carbocycles. The van der Waals surface area contributed by atoms with Crippen LogP contribution in [0, 0.1) is 5.92 Å². The van der Waals surface area contributed by atoms with Crippen molar-refractivity contribution in [1.29, 1.82) is 0 Å². The fourth-order valence-electron chi connectivity index (χ4n) is 3.20. The number of hydrogen-bond donors (Lipinski definition) is 1. The summed E-state index contributed by atoms with van der Waals surface area (Å²) in [4.78, 5) is 38.2. The van der Waals surface area contributed by atoms with Crippen LogP contribution in [0.2, 0.25) is 0 Å². The Morgan fingerprint density at radius 3 is 2.54 bits per heavy atom. The van der Waals surface area contributed by atoms with Crippen LogP contribution in [0.1, 0.15) is 23.3 Å². The Kier molecular flexibility index (Phi) is 6.41. The van der Waals surface area contributed by atoms with Gasteiger partial charge in [0, 0.05) is 32.1 Å². The molecule has 0 atom stereocenters. The van der Waals surface area contributed by atoms with Crippen molar-refractivity contribution in [3.63, 3.8) is 0 Å². The normalized spacial score (nSPS) is 14.5. The van der Waals surface area contributed by atoms with E-state index in [4.69, 9.17) is 4.74 Å². The molecule has 2 aromatic rings. The molecule has 1 saturated heterocycles. The Morgan fingerprint density at radius 2 is 1.86 bits per heavy atom. The average Bonchev–Trinajstić information content (AvgIpc) is 2.75. The second kappa shape index (κ2) is 9.16. The SMILES string of the molecule is CNC(=O)C1CCN(C(=O)c2ccc(=O)n(CCOc3ccccc3)n2)CC1. The van der Waals surface area contributed by atoms with E-state index < -0.39 is 0 Å². The van der Waals surface area contributed by atoms with Gasteiger partial charge in [0.1, 0.15) is 18.1 Å². The number of piperidine rings is 1. The minimum atomic E-state index is -0.286. The van der Waals surface area contributed by atoms with E-state index in [1.807, 2.05) is 30.3 Å². The van der Waals surface area contributed by atoms with E-state index in [9.17, 15) is 14.4 Å². The predicted octanol–water partition coefficient (Wildman–Crippen LogP) is 0.920. The third kappa shape index (κ3) is 4.76. The minimum Gasteiger partial charge on any atom is -0.492 e. The Balaban J connectivity index is 1.60. The number of para-hydroxylation sites is 1. The summed E-state index contributed by atoms with van der Waals surface area (Å²) in [6.07, 6.45) is 1.24. The summed E-state index contributed by atoms with van der Waals surface area (Å²) in [7, 11) is 1.62. The number of rotatable bonds is 6. The van der Waals surface area contributed by atoms with Crippen molar-refractivity contribution >= 4 is 11.8 Å². The second-order valence-electron chi connectivity index (χ2n) is 6.62.